The third-order valence-corrected chi connectivity index (χ3v) is 4.14. The molecule has 0 fully saturated rings. The SMILES string of the molecule is CCc1noc(CN(CC)C(=O)c2ccc3nc(C)c(C)nc3c2)n1. The molecule has 130 valence electrons. The highest BCUT2D eigenvalue weighted by atomic mass is 16.5. The zero-order chi connectivity index (χ0) is 18.0. The van der Waals surface area contributed by atoms with Gasteiger partial charge in [0.05, 0.1) is 22.4 Å². The molecule has 25 heavy (non-hydrogen) atoms. The summed E-state index contributed by atoms with van der Waals surface area (Å²) < 4.78 is 5.20. The molecule has 1 aromatic carbocycles. The van der Waals surface area contributed by atoms with Gasteiger partial charge in [-0.2, -0.15) is 4.98 Å². The van der Waals surface area contributed by atoms with Gasteiger partial charge in [0.1, 0.15) is 6.54 Å². The fraction of sp³-hybridized carbons (Fsp3) is 0.389. The first-order valence-electron chi connectivity index (χ1n) is 8.37. The average molecular weight is 339 g/mol. The summed E-state index contributed by atoms with van der Waals surface area (Å²) in [6.45, 7) is 8.54. The molecule has 0 aliphatic heterocycles. The van der Waals surface area contributed by atoms with Gasteiger partial charge >= 0.3 is 0 Å². The summed E-state index contributed by atoms with van der Waals surface area (Å²) in [6.07, 6.45) is 0.700. The second-order valence-electron chi connectivity index (χ2n) is 5.88. The van der Waals surface area contributed by atoms with Crippen molar-refractivity contribution in [2.75, 3.05) is 6.54 Å². The van der Waals surface area contributed by atoms with Crippen molar-refractivity contribution in [2.45, 2.75) is 40.7 Å². The zero-order valence-corrected chi connectivity index (χ0v) is 14.9. The van der Waals surface area contributed by atoms with Gasteiger partial charge in [-0.3, -0.25) is 4.79 Å². The number of aryl methyl sites for hydroxylation is 3. The lowest BCUT2D eigenvalue weighted by atomic mass is 10.1. The molecule has 0 atom stereocenters. The van der Waals surface area contributed by atoms with Crippen LogP contribution in [0.25, 0.3) is 11.0 Å². The van der Waals surface area contributed by atoms with Gasteiger partial charge in [-0.25, -0.2) is 9.97 Å². The summed E-state index contributed by atoms with van der Waals surface area (Å²) in [7, 11) is 0. The number of rotatable bonds is 5. The number of fused-ring (bicyclic) bond motifs is 1. The quantitative estimate of drug-likeness (QED) is 0.710. The number of aromatic nitrogens is 4. The summed E-state index contributed by atoms with van der Waals surface area (Å²) >= 11 is 0. The Labute approximate surface area is 146 Å². The lowest BCUT2D eigenvalue weighted by Crippen LogP contribution is -2.30. The minimum atomic E-state index is -0.0966. The van der Waals surface area contributed by atoms with E-state index in [0.29, 0.717) is 36.8 Å². The largest absolute Gasteiger partial charge is 0.337 e. The van der Waals surface area contributed by atoms with E-state index >= 15 is 0 Å². The Balaban J connectivity index is 1.86. The number of nitrogens with zero attached hydrogens (tertiary/aromatic N) is 5. The number of hydrogen-bond donors (Lipinski definition) is 0. The molecule has 0 saturated carbocycles. The molecule has 2 aromatic heterocycles. The zero-order valence-electron chi connectivity index (χ0n) is 14.9. The highest BCUT2D eigenvalue weighted by Crippen LogP contribution is 2.17. The van der Waals surface area contributed by atoms with Gasteiger partial charge in [0.2, 0.25) is 5.89 Å². The van der Waals surface area contributed by atoms with Crippen molar-refractivity contribution in [3.05, 3.63) is 46.9 Å². The second kappa shape index (κ2) is 6.96. The molecule has 0 spiro atoms. The van der Waals surface area contributed by atoms with E-state index in [4.69, 9.17) is 4.52 Å². The topological polar surface area (TPSA) is 85.0 Å². The number of benzene rings is 1. The van der Waals surface area contributed by atoms with E-state index in [1.165, 1.54) is 0 Å². The molecule has 0 aliphatic rings. The molecular formula is C18H21N5O2. The van der Waals surface area contributed by atoms with Gasteiger partial charge in [-0.1, -0.05) is 12.1 Å². The minimum Gasteiger partial charge on any atom is -0.337 e. The molecule has 7 nitrogen and oxygen atoms in total. The van der Waals surface area contributed by atoms with Crippen LogP contribution >= 0.6 is 0 Å². The van der Waals surface area contributed by atoms with Crippen LogP contribution in [0.1, 0.15) is 47.3 Å². The monoisotopic (exact) mass is 339 g/mol. The van der Waals surface area contributed by atoms with Gasteiger partial charge < -0.3 is 9.42 Å². The smallest absolute Gasteiger partial charge is 0.254 e. The molecule has 0 bridgehead atoms. The number of amides is 1. The first kappa shape index (κ1) is 17.0. The Kier molecular flexibility index (Phi) is 4.74. The summed E-state index contributed by atoms with van der Waals surface area (Å²) in [4.78, 5) is 27.8. The maximum Gasteiger partial charge on any atom is 0.254 e. The Morgan fingerprint density at radius 2 is 1.80 bits per heavy atom. The maximum absolute atomic E-state index is 12.8. The standard InChI is InChI=1S/C18H21N5O2/c1-5-16-21-17(25-22-16)10-23(6-2)18(24)13-7-8-14-15(9-13)20-12(4)11(3)19-14/h7-9H,5-6,10H2,1-4H3. The van der Waals surface area contributed by atoms with Crippen LogP contribution in [-0.4, -0.2) is 37.5 Å². The molecule has 0 saturated heterocycles. The normalized spacial score (nSPS) is 11.0. The molecule has 0 radical (unpaired) electrons. The fourth-order valence-corrected chi connectivity index (χ4v) is 2.53. The average Bonchev–Trinajstić information content (AvgIpc) is 3.07. The van der Waals surface area contributed by atoms with E-state index < -0.39 is 0 Å². The summed E-state index contributed by atoms with van der Waals surface area (Å²) in [5.74, 6) is 0.991. The van der Waals surface area contributed by atoms with Gasteiger partial charge in [0.15, 0.2) is 5.82 Å². The van der Waals surface area contributed by atoms with Crippen molar-refractivity contribution in [3.63, 3.8) is 0 Å². The maximum atomic E-state index is 12.8. The molecule has 3 aromatic rings. The Morgan fingerprint density at radius 1 is 1.08 bits per heavy atom. The van der Waals surface area contributed by atoms with Crippen molar-refractivity contribution in [1.29, 1.82) is 0 Å². The van der Waals surface area contributed by atoms with E-state index in [2.05, 4.69) is 20.1 Å². The molecule has 2 heterocycles. The highest BCUT2D eigenvalue weighted by molar-refractivity contribution is 5.97. The lowest BCUT2D eigenvalue weighted by Gasteiger charge is -2.19. The van der Waals surface area contributed by atoms with Gasteiger partial charge in [0, 0.05) is 18.5 Å². The number of hydrogen-bond acceptors (Lipinski definition) is 6. The summed E-state index contributed by atoms with van der Waals surface area (Å²) in [5, 5.41) is 3.87. The van der Waals surface area contributed by atoms with Crippen molar-refractivity contribution < 1.29 is 9.32 Å². The van der Waals surface area contributed by atoms with Crippen molar-refractivity contribution in [2.24, 2.45) is 0 Å². The predicted octanol–water partition coefficient (Wildman–Crippen LogP) is 2.85. The minimum absolute atomic E-state index is 0.0966. The van der Waals surface area contributed by atoms with Crippen LogP contribution in [-0.2, 0) is 13.0 Å². The van der Waals surface area contributed by atoms with Crippen molar-refractivity contribution >= 4 is 16.9 Å². The fourth-order valence-electron chi connectivity index (χ4n) is 2.53. The molecular weight excluding hydrogens is 318 g/mol. The molecule has 0 N–H and O–H groups in total. The van der Waals surface area contributed by atoms with Crippen molar-refractivity contribution in [3.8, 4) is 0 Å². The Bertz CT molecular complexity index is 919. The van der Waals surface area contributed by atoms with Crippen LogP contribution < -0.4 is 0 Å². The van der Waals surface area contributed by atoms with Crippen LogP contribution in [0.15, 0.2) is 22.7 Å². The van der Waals surface area contributed by atoms with Crippen LogP contribution in [0.3, 0.4) is 0 Å². The van der Waals surface area contributed by atoms with Gasteiger partial charge in [-0.05, 0) is 39.0 Å². The third kappa shape index (κ3) is 3.50. The van der Waals surface area contributed by atoms with Crippen molar-refractivity contribution in [1.82, 2.24) is 25.0 Å². The summed E-state index contributed by atoms with van der Waals surface area (Å²) in [5.41, 5.74) is 3.83. The lowest BCUT2D eigenvalue weighted by molar-refractivity contribution is 0.0734. The van der Waals surface area contributed by atoms with Crippen LogP contribution in [0.4, 0.5) is 0 Å². The molecule has 0 aliphatic carbocycles. The van der Waals surface area contributed by atoms with Gasteiger partial charge in [0.25, 0.3) is 5.91 Å². The third-order valence-electron chi connectivity index (χ3n) is 4.14. The first-order valence-corrected chi connectivity index (χ1v) is 8.37. The van der Waals surface area contributed by atoms with Crippen LogP contribution in [0.2, 0.25) is 0 Å². The Hall–Kier alpha value is -2.83. The van der Waals surface area contributed by atoms with E-state index in [-0.39, 0.29) is 5.91 Å². The number of carbonyl (C=O) groups is 1. The Morgan fingerprint density at radius 3 is 2.44 bits per heavy atom. The van der Waals surface area contributed by atoms with E-state index in [1.54, 1.807) is 17.0 Å². The number of carbonyl (C=O) groups excluding carboxylic acids is 1. The summed E-state index contributed by atoms with van der Waals surface area (Å²) in [6, 6.07) is 5.39. The highest BCUT2D eigenvalue weighted by Gasteiger charge is 2.18. The molecule has 7 heteroatoms. The molecule has 0 unspecified atom stereocenters. The molecule has 1 amide bonds. The van der Waals surface area contributed by atoms with E-state index in [0.717, 1.165) is 22.4 Å². The predicted molar refractivity (Wildman–Crippen MR) is 93.1 cm³/mol. The van der Waals surface area contributed by atoms with Gasteiger partial charge in [-0.15, -0.1) is 0 Å². The van der Waals surface area contributed by atoms with E-state index in [9.17, 15) is 4.79 Å². The first-order chi connectivity index (χ1) is 12.0. The van der Waals surface area contributed by atoms with Crippen LogP contribution in [0, 0.1) is 13.8 Å². The van der Waals surface area contributed by atoms with Crippen LogP contribution in [0.5, 0.6) is 0 Å². The second-order valence-corrected chi connectivity index (χ2v) is 5.88. The van der Waals surface area contributed by atoms with E-state index in [1.807, 2.05) is 33.8 Å². The molecule has 3 rings (SSSR count).